The van der Waals surface area contributed by atoms with E-state index >= 15 is 0 Å². The van der Waals surface area contributed by atoms with Crippen LogP contribution in [-0.2, 0) is 13.6 Å². The maximum atomic E-state index is 3.79. The molecule has 1 fully saturated rings. The molecule has 1 saturated carbocycles. The van der Waals surface area contributed by atoms with Gasteiger partial charge >= 0.3 is 0 Å². The molecule has 2 nitrogen and oxygen atoms in total. The summed E-state index contributed by atoms with van der Waals surface area (Å²) in [5.74, 6) is 0.884. The molecular formula is C18H26N2. The third-order valence-electron chi connectivity index (χ3n) is 5.00. The number of rotatable bonds is 3. The van der Waals surface area contributed by atoms with Gasteiger partial charge in [-0.2, -0.15) is 0 Å². The summed E-state index contributed by atoms with van der Waals surface area (Å²) in [6.07, 6.45) is 5.47. The number of benzene rings is 1. The van der Waals surface area contributed by atoms with Gasteiger partial charge in [-0.25, -0.2) is 0 Å². The normalized spacial score (nSPS) is 23.4. The van der Waals surface area contributed by atoms with Gasteiger partial charge in [0.1, 0.15) is 0 Å². The Morgan fingerprint density at radius 2 is 2.05 bits per heavy atom. The van der Waals surface area contributed by atoms with Gasteiger partial charge in [0.05, 0.1) is 0 Å². The lowest BCUT2D eigenvalue weighted by atomic mass is 9.87. The number of hydrogen-bond donors (Lipinski definition) is 1. The van der Waals surface area contributed by atoms with Gasteiger partial charge in [-0.1, -0.05) is 38.0 Å². The first-order chi connectivity index (χ1) is 9.66. The van der Waals surface area contributed by atoms with Gasteiger partial charge in [0.2, 0.25) is 0 Å². The number of aryl methyl sites for hydroxylation is 2. The fraction of sp³-hybridized carbons (Fsp3) is 0.556. The van der Waals surface area contributed by atoms with E-state index < -0.39 is 0 Å². The Labute approximate surface area is 122 Å². The molecule has 3 rings (SSSR count). The van der Waals surface area contributed by atoms with Crippen molar-refractivity contribution in [3.05, 3.63) is 35.5 Å². The molecule has 0 radical (unpaired) electrons. The van der Waals surface area contributed by atoms with Gasteiger partial charge < -0.3 is 9.88 Å². The van der Waals surface area contributed by atoms with E-state index in [1.807, 2.05) is 0 Å². The summed E-state index contributed by atoms with van der Waals surface area (Å²) in [5.41, 5.74) is 4.21. The number of nitrogens with one attached hydrogen (secondary N) is 1. The molecular weight excluding hydrogens is 244 g/mol. The highest BCUT2D eigenvalue weighted by Crippen LogP contribution is 2.26. The first kappa shape index (κ1) is 13.7. The number of fused-ring (bicyclic) bond motifs is 1. The van der Waals surface area contributed by atoms with Gasteiger partial charge in [-0.3, -0.25) is 0 Å². The Kier molecular flexibility index (Phi) is 3.84. The van der Waals surface area contributed by atoms with E-state index in [0.29, 0.717) is 6.04 Å². The highest BCUT2D eigenvalue weighted by atomic mass is 15.0. The summed E-state index contributed by atoms with van der Waals surface area (Å²) in [6, 6.07) is 9.42. The monoisotopic (exact) mass is 270 g/mol. The van der Waals surface area contributed by atoms with Crippen LogP contribution in [0.25, 0.3) is 10.9 Å². The lowest BCUT2D eigenvalue weighted by molar-refractivity contribution is 0.299. The van der Waals surface area contributed by atoms with Crippen molar-refractivity contribution in [3.63, 3.8) is 0 Å². The van der Waals surface area contributed by atoms with Gasteiger partial charge in [0, 0.05) is 36.2 Å². The van der Waals surface area contributed by atoms with Gasteiger partial charge in [-0.15, -0.1) is 0 Å². The maximum Gasteiger partial charge on any atom is 0.0483 e. The van der Waals surface area contributed by atoms with E-state index in [1.165, 1.54) is 47.8 Å². The molecule has 0 amide bonds. The lowest BCUT2D eigenvalue weighted by Crippen LogP contribution is -2.33. The second-order valence-corrected chi connectivity index (χ2v) is 6.50. The topological polar surface area (TPSA) is 17.0 Å². The third-order valence-corrected chi connectivity index (χ3v) is 5.00. The Balaban J connectivity index is 1.77. The van der Waals surface area contributed by atoms with Crippen LogP contribution in [0.4, 0.5) is 0 Å². The summed E-state index contributed by atoms with van der Waals surface area (Å²) < 4.78 is 2.35. The number of hydrogen-bond acceptors (Lipinski definition) is 1. The molecule has 0 saturated heterocycles. The van der Waals surface area contributed by atoms with E-state index in [4.69, 9.17) is 0 Å². The van der Waals surface area contributed by atoms with Crippen molar-refractivity contribution < 1.29 is 0 Å². The summed E-state index contributed by atoms with van der Waals surface area (Å²) in [4.78, 5) is 0. The zero-order valence-electron chi connectivity index (χ0n) is 12.9. The summed E-state index contributed by atoms with van der Waals surface area (Å²) in [7, 11) is 2.19. The predicted molar refractivity (Wildman–Crippen MR) is 85.9 cm³/mol. The van der Waals surface area contributed by atoms with E-state index in [9.17, 15) is 0 Å². The smallest absolute Gasteiger partial charge is 0.0483 e. The van der Waals surface area contributed by atoms with Crippen LogP contribution in [0.15, 0.2) is 24.3 Å². The van der Waals surface area contributed by atoms with E-state index in [-0.39, 0.29) is 0 Å². The minimum Gasteiger partial charge on any atom is -0.346 e. The molecule has 1 aromatic heterocycles. The van der Waals surface area contributed by atoms with Crippen LogP contribution in [0.3, 0.4) is 0 Å². The fourth-order valence-corrected chi connectivity index (χ4v) is 3.75. The Hall–Kier alpha value is -1.28. The molecule has 1 heterocycles. The van der Waals surface area contributed by atoms with Crippen molar-refractivity contribution in [1.82, 2.24) is 9.88 Å². The van der Waals surface area contributed by atoms with Crippen molar-refractivity contribution in [2.45, 2.75) is 52.1 Å². The molecule has 1 aliphatic carbocycles. The first-order valence-corrected chi connectivity index (χ1v) is 7.93. The second kappa shape index (κ2) is 5.61. The third kappa shape index (κ3) is 2.49. The lowest BCUT2D eigenvalue weighted by Gasteiger charge is -2.27. The standard InChI is InChI=1S/C18H26N2/c1-13-7-6-8-15(11-13)19-12-18-14(2)16-9-4-5-10-17(16)20(18)3/h4-5,9-10,13,15,19H,6-8,11-12H2,1-3H3. The molecule has 2 atom stereocenters. The predicted octanol–water partition coefficient (Wildman–Crippen LogP) is 4.16. The highest BCUT2D eigenvalue weighted by Gasteiger charge is 2.19. The second-order valence-electron chi connectivity index (χ2n) is 6.50. The van der Waals surface area contributed by atoms with Crippen LogP contribution in [0.2, 0.25) is 0 Å². The quantitative estimate of drug-likeness (QED) is 0.886. The molecule has 1 aromatic carbocycles. The average Bonchev–Trinajstić information content (AvgIpc) is 2.70. The Morgan fingerprint density at radius 1 is 1.25 bits per heavy atom. The molecule has 1 N–H and O–H groups in total. The van der Waals surface area contributed by atoms with Crippen LogP contribution in [0.1, 0.15) is 43.9 Å². The van der Waals surface area contributed by atoms with E-state index in [1.54, 1.807) is 0 Å². The highest BCUT2D eigenvalue weighted by molar-refractivity contribution is 5.85. The number of nitrogens with zero attached hydrogens (tertiary/aromatic N) is 1. The first-order valence-electron chi connectivity index (χ1n) is 7.93. The van der Waals surface area contributed by atoms with Crippen molar-refractivity contribution >= 4 is 10.9 Å². The van der Waals surface area contributed by atoms with Crippen molar-refractivity contribution in [3.8, 4) is 0 Å². The molecule has 2 aromatic rings. The fourth-order valence-electron chi connectivity index (χ4n) is 3.75. The van der Waals surface area contributed by atoms with E-state index in [0.717, 1.165) is 12.5 Å². The van der Waals surface area contributed by atoms with Crippen molar-refractivity contribution in [2.75, 3.05) is 0 Å². The summed E-state index contributed by atoms with van der Waals surface area (Å²) in [6.45, 7) is 5.63. The average molecular weight is 270 g/mol. The summed E-state index contributed by atoms with van der Waals surface area (Å²) in [5, 5.41) is 5.18. The van der Waals surface area contributed by atoms with Gasteiger partial charge in [-0.05, 0) is 37.3 Å². The zero-order valence-corrected chi connectivity index (χ0v) is 12.9. The van der Waals surface area contributed by atoms with Crippen molar-refractivity contribution in [1.29, 1.82) is 0 Å². The minimum absolute atomic E-state index is 0.705. The molecule has 20 heavy (non-hydrogen) atoms. The van der Waals surface area contributed by atoms with Gasteiger partial charge in [0.25, 0.3) is 0 Å². The largest absolute Gasteiger partial charge is 0.346 e. The van der Waals surface area contributed by atoms with Gasteiger partial charge in [0.15, 0.2) is 0 Å². The SMILES string of the molecule is Cc1c(CNC2CCCC(C)C2)n(C)c2ccccc12. The molecule has 2 unspecified atom stereocenters. The van der Waals surface area contributed by atoms with Crippen LogP contribution >= 0.6 is 0 Å². The molecule has 1 aliphatic rings. The minimum atomic E-state index is 0.705. The molecule has 108 valence electrons. The Bertz CT molecular complexity index is 558. The zero-order chi connectivity index (χ0) is 14.1. The number of aromatic nitrogens is 1. The van der Waals surface area contributed by atoms with Crippen molar-refractivity contribution in [2.24, 2.45) is 13.0 Å². The molecule has 0 bridgehead atoms. The maximum absolute atomic E-state index is 3.79. The number of para-hydroxylation sites is 1. The van der Waals surface area contributed by atoms with Crippen LogP contribution in [-0.4, -0.2) is 10.6 Å². The Morgan fingerprint density at radius 3 is 2.80 bits per heavy atom. The molecule has 2 heteroatoms. The van der Waals surface area contributed by atoms with Crippen LogP contribution in [0, 0.1) is 12.8 Å². The van der Waals surface area contributed by atoms with E-state index in [2.05, 4.69) is 55.0 Å². The van der Waals surface area contributed by atoms with Crippen LogP contribution in [0.5, 0.6) is 0 Å². The van der Waals surface area contributed by atoms with Crippen LogP contribution < -0.4 is 5.32 Å². The molecule has 0 spiro atoms. The summed E-state index contributed by atoms with van der Waals surface area (Å²) >= 11 is 0. The molecule has 0 aliphatic heterocycles.